The van der Waals surface area contributed by atoms with Crippen LogP contribution in [-0.2, 0) is 10.0 Å². The molecule has 0 bridgehead atoms. The zero-order chi connectivity index (χ0) is 14.6. The molecule has 1 aromatic carbocycles. The average molecular weight is 309 g/mol. The molecule has 0 radical (unpaired) electrons. The van der Waals surface area contributed by atoms with E-state index in [9.17, 15) is 8.42 Å². The lowest BCUT2D eigenvalue weighted by molar-refractivity contribution is 0.601. The molecular weight excluding hydrogens is 294 g/mol. The van der Waals surface area contributed by atoms with Gasteiger partial charge in [0, 0.05) is 23.8 Å². The first-order valence-electron chi connectivity index (χ1n) is 5.86. The Morgan fingerprint density at radius 1 is 1.15 bits per heavy atom. The van der Waals surface area contributed by atoms with Gasteiger partial charge in [-0.05, 0) is 42.7 Å². The number of nitrogens with one attached hydrogen (secondary N) is 2. The molecule has 0 saturated heterocycles. The van der Waals surface area contributed by atoms with Crippen molar-refractivity contribution in [3.8, 4) is 0 Å². The summed E-state index contributed by atoms with van der Waals surface area (Å²) in [5.41, 5.74) is 0.522. The van der Waals surface area contributed by atoms with E-state index in [0.29, 0.717) is 11.5 Å². The van der Waals surface area contributed by atoms with E-state index in [2.05, 4.69) is 15.0 Å². The van der Waals surface area contributed by atoms with Crippen molar-refractivity contribution in [2.24, 2.45) is 0 Å². The molecule has 0 fully saturated rings. The third kappa shape index (κ3) is 3.23. The van der Waals surface area contributed by atoms with Gasteiger partial charge in [-0.15, -0.1) is 11.8 Å². The van der Waals surface area contributed by atoms with Gasteiger partial charge >= 0.3 is 0 Å². The lowest BCUT2D eigenvalue weighted by Gasteiger charge is -2.11. The van der Waals surface area contributed by atoms with E-state index in [1.54, 1.807) is 37.0 Å². The highest BCUT2D eigenvalue weighted by Gasteiger charge is 2.18. The van der Waals surface area contributed by atoms with Crippen molar-refractivity contribution in [1.82, 2.24) is 4.98 Å². The molecule has 5 nitrogen and oxygen atoms in total. The standard InChI is InChI=1S/C13H15N3O2S2/c1-14-13-12(4-3-9-15-13)20(17,18)16-10-5-7-11(19-2)8-6-10/h3-9,16H,1-2H3,(H,14,15). The topological polar surface area (TPSA) is 71.1 Å². The first-order chi connectivity index (χ1) is 9.56. The molecule has 2 aromatic rings. The van der Waals surface area contributed by atoms with E-state index < -0.39 is 10.0 Å². The Bertz CT molecular complexity index is 685. The van der Waals surface area contributed by atoms with Crippen molar-refractivity contribution in [3.05, 3.63) is 42.6 Å². The Morgan fingerprint density at radius 3 is 2.45 bits per heavy atom. The van der Waals surface area contributed by atoms with Gasteiger partial charge in [0.25, 0.3) is 10.0 Å². The van der Waals surface area contributed by atoms with Gasteiger partial charge in [0.2, 0.25) is 0 Å². The number of rotatable bonds is 5. The Labute approximate surface area is 122 Å². The Hall–Kier alpha value is -1.73. The summed E-state index contributed by atoms with van der Waals surface area (Å²) < 4.78 is 27.2. The summed E-state index contributed by atoms with van der Waals surface area (Å²) in [7, 11) is -2.02. The molecule has 0 aliphatic rings. The molecule has 0 aliphatic carbocycles. The highest BCUT2D eigenvalue weighted by molar-refractivity contribution is 7.98. The maximum Gasteiger partial charge on any atom is 0.265 e. The Balaban J connectivity index is 2.30. The number of thioether (sulfide) groups is 1. The van der Waals surface area contributed by atoms with E-state index >= 15 is 0 Å². The van der Waals surface area contributed by atoms with Crippen LogP contribution in [0.5, 0.6) is 0 Å². The molecule has 0 amide bonds. The van der Waals surface area contributed by atoms with Gasteiger partial charge in [-0.1, -0.05) is 0 Å². The van der Waals surface area contributed by atoms with E-state index in [1.165, 1.54) is 12.3 Å². The van der Waals surface area contributed by atoms with Gasteiger partial charge in [-0.3, -0.25) is 4.72 Å². The van der Waals surface area contributed by atoms with Crippen LogP contribution in [0.25, 0.3) is 0 Å². The smallest absolute Gasteiger partial charge is 0.265 e. The summed E-state index contributed by atoms with van der Waals surface area (Å²) >= 11 is 1.60. The quantitative estimate of drug-likeness (QED) is 0.831. The molecule has 20 heavy (non-hydrogen) atoms. The predicted molar refractivity (Wildman–Crippen MR) is 82.8 cm³/mol. The van der Waals surface area contributed by atoms with Crippen LogP contribution in [0.4, 0.5) is 11.5 Å². The van der Waals surface area contributed by atoms with Crippen molar-refractivity contribution < 1.29 is 8.42 Å². The number of hydrogen-bond acceptors (Lipinski definition) is 5. The molecular formula is C13H15N3O2S2. The fraction of sp³-hybridized carbons (Fsp3) is 0.154. The second-order valence-corrected chi connectivity index (χ2v) is 6.46. The fourth-order valence-corrected chi connectivity index (χ4v) is 3.30. The van der Waals surface area contributed by atoms with Crippen molar-refractivity contribution in [3.63, 3.8) is 0 Å². The summed E-state index contributed by atoms with van der Waals surface area (Å²) in [5.74, 6) is 0.320. The van der Waals surface area contributed by atoms with Gasteiger partial charge in [0.15, 0.2) is 0 Å². The lowest BCUT2D eigenvalue weighted by atomic mass is 10.3. The van der Waals surface area contributed by atoms with Gasteiger partial charge in [0.1, 0.15) is 10.7 Å². The highest BCUT2D eigenvalue weighted by Crippen LogP contribution is 2.23. The number of benzene rings is 1. The summed E-state index contributed by atoms with van der Waals surface area (Å²) in [4.78, 5) is 5.19. The number of pyridine rings is 1. The first-order valence-corrected chi connectivity index (χ1v) is 8.57. The number of nitrogens with zero attached hydrogens (tertiary/aromatic N) is 1. The highest BCUT2D eigenvalue weighted by atomic mass is 32.2. The van der Waals surface area contributed by atoms with E-state index in [-0.39, 0.29) is 4.90 Å². The van der Waals surface area contributed by atoms with Gasteiger partial charge in [0.05, 0.1) is 0 Å². The van der Waals surface area contributed by atoms with Crippen molar-refractivity contribution in [1.29, 1.82) is 0 Å². The molecule has 1 aromatic heterocycles. The van der Waals surface area contributed by atoms with Crippen molar-refractivity contribution in [2.45, 2.75) is 9.79 Å². The van der Waals surface area contributed by atoms with E-state index in [1.807, 2.05) is 18.4 Å². The summed E-state index contributed by atoms with van der Waals surface area (Å²) in [6.45, 7) is 0. The molecule has 2 rings (SSSR count). The lowest BCUT2D eigenvalue weighted by Crippen LogP contribution is -2.15. The SMILES string of the molecule is CNc1ncccc1S(=O)(=O)Nc1ccc(SC)cc1. The minimum absolute atomic E-state index is 0.122. The Kier molecular flexibility index (Phi) is 4.51. The van der Waals surface area contributed by atoms with Crippen molar-refractivity contribution >= 4 is 33.3 Å². The second-order valence-electron chi connectivity index (χ2n) is 3.93. The van der Waals surface area contributed by atoms with Gasteiger partial charge < -0.3 is 5.32 Å². The number of anilines is 2. The molecule has 7 heteroatoms. The average Bonchev–Trinajstić information content (AvgIpc) is 2.47. The fourth-order valence-electron chi connectivity index (χ4n) is 1.66. The maximum absolute atomic E-state index is 12.3. The van der Waals surface area contributed by atoms with Crippen LogP contribution in [0.1, 0.15) is 0 Å². The molecule has 2 N–H and O–H groups in total. The van der Waals surface area contributed by atoms with Crippen LogP contribution in [-0.4, -0.2) is 26.7 Å². The number of aromatic nitrogens is 1. The number of hydrogen-bond donors (Lipinski definition) is 2. The molecule has 0 saturated carbocycles. The minimum Gasteiger partial charge on any atom is -0.372 e. The summed E-state index contributed by atoms with van der Waals surface area (Å²) in [6.07, 6.45) is 3.51. The first kappa shape index (κ1) is 14.7. The van der Waals surface area contributed by atoms with Crippen LogP contribution < -0.4 is 10.0 Å². The molecule has 0 atom stereocenters. The minimum atomic E-state index is -3.66. The Morgan fingerprint density at radius 2 is 1.85 bits per heavy atom. The van der Waals surface area contributed by atoms with Crippen LogP contribution in [0.15, 0.2) is 52.4 Å². The second kappa shape index (κ2) is 6.15. The third-order valence-corrected chi connectivity index (χ3v) is 4.80. The van der Waals surface area contributed by atoms with Crippen molar-refractivity contribution in [2.75, 3.05) is 23.3 Å². The largest absolute Gasteiger partial charge is 0.372 e. The van der Waals surface area contributed by atoms with E-state index in [0.717, 1.165) is 4.90 Å². The molecule has 106 valence electrons. The van der Waals surface area contributed by atoms with Gasteiger partial charge in [-0.2, -0.15) is 0 Å². The monoisotopic (exact) mass is 309 g/mol. The van der Waals surface area contributed by atoms with Crippen LogP contribution in [0.3, 0.4) is 0 Å². The molecule has 1 heterocycles. The van der Waals surface area contributed by atoms with Gasteiger partial charge in [-0.25, -0.2) is 13.4 Å². The van der Waals surface area contributed by atoms with Crippen LogP contribution in [0, 0.1) is 0 Å². The zero-order valence-corrected chi connectivity index (χ0v) is 12.8. The van der Waals surface area contributed by atoms with Crippen LogP contribution >= 0.6 is 11.8 Å². The summed E-state index contributed by atoms with van der Waals surface area (Å²) in [5, 5.41) is 2.77. The third-order valence-electron chi connectivity index (χ3n) is 2.64. The zero-order valence-electron chi connectivity index (χ0n) is 11.1. The predicted octanol–water partition coefficient (Wildman–Crippen LogP) is 2.65. The molecule has 0 unspecified atom stereocenters. The maximum atomic E-state index is 12.3. The molecule has 0 aliphatic heterocycles. The normalized spacial score (nSPS) is 11.1. The molecule has 0 spiro atoms. The van der Waals surface area contributed by atoms with Crippen LogP contribution in [0.2, 0.25) is 0 Å². The summed E-state index contributed by atoms with van der Waals surface area (Å²) in [6, 6.07) is 10.3. The number of sulfonamides is 1. The van der Waals surface area contributed by atoms with E-state index in [4.69, 9.17) is 0 Å².